The number of hydrogen-bond acceptors (Lipinski definition) is 2. The highest BCUT2D eigenvalue weighted by Gasteiger charge is 2.35. The zero-order chi connectivity index (χ0) is 13.9. The van der Waals surface area contributed by atoms with Crippen molar-refractivity contribution in [2.45, 2.75) is 83.3 Å². The Morgan fingerprint density at radius 1 is 1.16 bits per heavy atom. The van der Waals surface area contributed by atoms with E-state index < -0.39 is 5.97 Å². The summed E-state index contributed by atoms with van der Waals surface area (Å²) >= 11 is 0. The maximum atomic E-state index is 10.4. The van der Waals surface area contributed by atoms with Crippen LogP contribution >= 0.6 is 0 Å². The Kier molecular flexibility index (Phi) is 8.55. The van der Waals surface area contributed by atoms with Crippen LogP contribution in [-0.4, -0.2) is 23.3 Å². The molecule has 1 aliphatic heterocycles. The van der Waals surface area contributed by atoms with Crippen LogP contribution in [0.5, 0.6) is 0 Å². The van der Waals surface area contributed by atoms with E-state index in [-0.39, 0.29) is 18.6 Å². The molecule has 1 heterocycles. The summed E-state index contributed by atoms with van der Waals surface area (Å²) in [5.74, 6) is -0.712. The van der Waals surface area contributed by atoms with Crippen LogP contribution in [0.15, 0.2) is 12.2 Å². The highest BCUT2D eigenvalue weighted by Crippen LogP contribution is 2.28. The van der Waals surface area contributed by atoms with Crippen molar-refractivity contribution < 1.29 is 14.6 Å². The number of rotatable bonds is 12. The molecule has 1 rings (SSSR count). The number of carboxylic acid groups (broad SMARTS) is 1. The fourth-order valence-electron chi connectivity index (χ4n) is 2.29. The number of hydrogen-bond donors (Lipinski definition) is 1. The van der Waals surface area contributed by atoms with E-state index in [0.717, 1.165) is 19.3 Å². The smallest absolute Gasteiger partial charge is 0.303 e. The molecule has 0 saturated carbocycles. The van der Waals surface area contributed by atoms with Gasteiger partial charge in [0.15, 0.2) is 0 Å². The molecule has 1 saturated heterocycles. The minimum atomic E-state index is -0.712. The molecule has 0 radical (unpaired) electrons. The van der Waals surface area contributed by atoms with Gasteiger partial charge in [-0.25, -0.2) is 0 Å². The summed E-state index contributed by atoms with van der Waals surface area (Å²) in [6.45, 7) is 2.24. The fraction of sp³-hybridized carbons (Fsp3) is 0.812. The van der Waals surface area contributed by atoms with Crippen molar-refractivity contribution in [1.82, 2.24) is 0 Å². The van der Waals surface area contributed by atoms with Gasteiger partial charge in [-0.2, -0.15) is 0 Å². The summed E-state index contributed by atoms with van der Waals surface area (Å²) < 4.78 is 5.48. The van der Waals surface area contributed by atoms with Gasteiger partial charge in [0, 0.05) is 6.42 Å². The van der Waals surface area contributed by atoms with Crippen molar-refractivity contribution >= 4 is 5.97 Å². The van der Waals surface area contributed by atoms with Crippen LogP contribution in [0.25, 0.3) is 0 Å². The maximum absolute atomic E-state index is 10.4. The molecule has 0 aromatic rings. The summed E-state index contributed by atoms with van der Waals surface area (Å²) in [5.41, 5.74) is 0. The van der Waals surface area contributed by atoms with Crippen molar-refractivity contribution in [3.63, 3.8) is 0 Å². The van der Waals surface area contributed by atoms with Crippen LogP contribution in [0, 0.1) is 0 Å². The minimum Gasteiger partial charge on any atom is -0.481 e. The van der Waals surface area contributed by atoms with E-state index >= 15 is 0 Å². The van der Waals surface area contributed by atoms with Gasteiger partial charge in [-0.05, 0) is 25.7 Å². The highest BCUT2D eigenvalue weighted by molar-refractivity contribution is 5.66. The number of epoxide rings is 1. The third kappa shape index (κ3) is 8.82. The van der Waals surface area contributed by atoms with Gasteiger partial charge < -0.3 is 9.84 Å². The van der Waals surface area contributed by atoms with Crippen molar-refractivity contribution in [3.8, 4) is 0 Å². The lowest BCUT2D eigenvalue weighted by Crippen LogP contribution is -1.97. The van der Waals surface area contributed by atoms with Gasteiger partial charge in [-0.15, -0.1) is 0 Å². The number of unbranched alkanes of at least 4 members (excludes halogenated alkanes) is 6. The second kappa shape index (κ2) is 10.0. The average Bonchev–Trinajstić information content (AvgIpc) is 3.11. The van der Waals surface area contributed by atoms with E-state index in [0.29, 0.717) is 0 Å². The topological polar surface area (TPSA) is 49.8 Å². The number of aliphatic carboxylic acids is 1. The molecule has 2 unspecified atom stereocenters. The standard InChI is InChI=1S/C16H28O3/c1-2-3-4-5-6-7-8-9-11-14-15(19-14)12-10-13-16(17)18/h9,11,14-15H,2-8,10,12-13H2,1H3,(H,17,18). The van der Waals surface area contributed by atoms with Crippen molar-refractivity contribution in [2.75, 3.05) is 0 Å². The van der Waals surface area contributed by atoms with Crippen LogP contribution in [0.1, 0.15) is 71.1 Å². The normalized spacial score (nSPS) is 21.9. The first-order valence-electron chi connectivity index (χ1n) is 7.78. The van der Waals surface area contributed by atoms with Crippen LogP contribution < -0.4 is 0 Å². The predicted molar refractivity (Wildman–Crippen MR) is 77.3 cm³/mol. The van der Waals surface area contributed by atoms with E-state index in [4.69, 9.17) is 9.84 Å². The first-order chi connectivity index (χ1) is 9.24. The molecule has 1 fully saturated rings. The molecule has 1 aliphatic rings. The van der Waals surface area contributed by atoms with Gasteiger partial charge in [-0.3, -0.25) is 4.79 Å². The molecule has 1 N–H and O–H groups in total. The molecule has 3 nitrogen and oxygen atoms in total. The van der Waals surface area contributed by atoms with Gasteiger partial charge >= 0.3 is 5.97 Å². The summed E-state index contributed by atoms with van der Waals surface area (Å²) in [5, 5.41) is 8.54. The fourth-order valence-corrected chi connectivity index (χ4v) is 2.29. The van der Waals surface area contributed by atoms with E-state index in [1.807, 2.05) is 0 Å². The van der Waals surface area contributed by atoms with E-state index in [9.17, 15) is 4.79 Å². The Morgan fingerprint density at radius 2 is 1.89 bits per heavy atom. The molecule has 2 atom stereocenters. The van der Waals surface area contributed by atoms with Gasteiger partial charge in [0.25, 0.3) is 0 Å². The van der Waals surface area contributed by atoms with Crippen molar-refractivity contribution in [1.29, 1.82) is 0 Å². The third-order valence-corrected chi connectivity index (χ3v) is 3.55. The second-order valence-corrected chi connectivity index (χ2v) is 5.41. The Bertz CT molecular complexity index is 273. The van der Waals surface area contributed by atoms with Crippen LogP contribution in [-0.2, 0) is 9.53 Å². The van der Waals surface area contributed by atoms with E-state index in [1.54, 1.807) is 0 Å². The molecule has 0 spiro atoms. The molecule has 0 aromatic heterocycles. The molecule has 19 heavy (non-hydrogen) atoms. The Morgan fingerprint density at radius 3 is 2.63 bits per heavy atom. The Hall–Kier alpha value is -0.830. The van der Waals surface area contributed by atoms with E-state index in [1.165, 1.54) is 38.5 Å². The van der Waals surface area contributed by atoms with Gasteiger partial charge in [0.2, 0.25) is 0 Å². The summed E-state index contributed by atoms with van der Waals surface area (Å²) in [7, 11) is 0. The number of carboxylic acids is 1. The molecule has 0 aromatic carbocycles. The molecular formula is C16H28O3. The van der Waals surface area contributed by atoms with Gasteiger partial charge in [0.1, 0.15) is 6.10 Å². The predicted octanol–water partition coefficient (Wildman–Crippen LogP) is 4.32. The monoisotopic (exact) mass is 268 g/mol. The Balaban J connectivity index is 1.87. The lowest BCUT2D eigenvalue weighted by molar-refractivity contribution is -0.137. The molecule has 110 valence electrons. The second-order valence-electron chi connectivity index (χ2n) is 5.41. The molecule has 0 amide bonds. The number of ether oxygens (including phenoxy) is 1. The molecular weight excluding hydrogens is 240 g/mol. The van der Waals surface area contributed by atoms with Crippen LogP contribution in [0.4, 0.5) is 0 Å². The van der Waals surface area contributed by atoms with Crippen LogP contribution in [0.2, 0.25) is 0 Å². The lowest BCUT2D eigenvalue weighted by Gasteiger charge is -1.97. The zero-order valence-electron chi connectivity index (χ0n) is 12.1. The molecule has 0 bridgehead atoms. The summed E-state index contributed by atoms with van der Waals surface area (Å²) in [6.07, 6.45) is 15.9. The van der Waals surface area contributed by atoms with Gasteiger partial charge in [-0.1, -0.05) is 51.2 Å². The Labute approximate surface area is 117 Å². The molecule has 3 heteroatoms. The maximum Gasteiger partial charge on any atom is 0.303 e. The molecule has 0 aliphatic carbocycles. The summed E-state index contributed by atoms with van der Waals surface area (Å²) in [4.78, 5) is 10.4. The van der Waals surface area contributed by atoms with Gasteiger partial charge in [0.05, 0.1) is 6.10 Å². The highest BCUT2D eigenvalue weighted by atomic mass is 16.6. The summed E-state index contributed by atoms with van der Waals surface area (Å²) in [6, 6.07) is 0. The number of carbonyl (C=O) groups is 1. The zero-order valence-corrected chi connectivity index (χ0v) is 12.1. The number of allylic oxidation sites excluding steroid dienone is 1. The lowest BCUT2D eigenvalue weighted by atomic mass is 10.1. The quantitative estimate of drug-likeness (QED) is 0.326. The van der Waals surface area contributed by atoms with E-state index in [2.05, 4.69) is 19.1 Å². The first-order valence-corrected chi connectivity index (χ1v) is 7.78. The average molecular weight is 268 g/mol. The minimum absolute atomic E-state index is 0.258. The first kappa shape index (κ1) is 16.2. The van der Waals surface area contributed by atoms with Crippen LogP contribution in [0.3, 0.4) is 0 Å². The SMILES string of the molecule is CCCCCCCCC=CC1OC1CCCC(=O)O. The third-order valence-electron chi connectivity index (χ3n) is 3.55. The van der Waals surface area contributed by atoms with Crippen molar-refractivity contribution in [2.24, 2.45) is 0 Å². The largest absolute Gasteiger partial charge is 0.481 e. The van der Waals surface area contributed by atoms with Crippen molar-refractivity contribution in [3.05, 3.63) is 12.2 Å².